The molecule has 3 amide bonds. The van der Waals surface area contributed by atoms with Crippen LogP contribution in [0, 0.1) is 11.8 Å². The van der Waals surface area contributed by atoms with Crippen LogP contribution in [-0.2, 0) is 19.1 Å². The maximum atomic E-state index is 13.5. The van der Waals surface area contributed by atoms with Crippen LogP contribution in [-0.4, -0.2) is 70.0 Å². The summed E-state index contributed by atoms with van der Waals surface area (Å²) in [5.41, 5.74) is -0.749. The molecule has 0 aromatic heterocycles. The number of para-hydroxylation sites is 1. The summed E-state index contributed by atoms with van der Waals surface area (Å²) < 4.78 is 6.28. The van der Waals surface area contributed by atoms with Crippen molar-refractivity contribution < 1.29 is 24.2 Å². The maximum Gasteiger partial charge on any atom is 0.250 e. The zero-order chi connectivity index (χ0) is 21.8. The summed E-state index contributed by atoms with van der Waals surface area (Å²) in [4.78, 5) is 40.8. The first-order chi connectivity index (χ1) is 14.3. The van der Waals surface area contributed by atoms with Gasteiger partial charge >= 0.3 is 0 Å². The quantitative estimate of drug-likeness (QED) is 0.526. The minimum atomic E-state index is -1.16. The molecule has 4 rings (SSSR count). The van der Waals surface area contributed by atoms with Gasteiger partial charge in [0.25, 0.3) is 0 Å². The Kier molecular flexibility index (Phi) is 5.59. The molecule has 3 fully saturated rings. The van der Waals surface area contributed by atoms with E-state index < -0.39 is 41.5 Å². The molecule has 1 aromatic carbocycles. The van der Waals surface area contributed by atoms with E-state index in [4.69, 9.17) is 16.3 Å². The third-order valence-electron chi connectivity index (χ3n) is 6.40. The van der Waals surface area contributed by atoms with E-state index in [1.165, 1.54) is 11.9 Å². The van der Waals surface area contributed by atoms with E-state index in [9.17, 15) is 19.5 Å². The van der Waals surface area contributed by atoms with Gasteiger partial charge in [-0.2, -0.15) is 0 Å². The lowest BCUT2D eigenvalue weighted by atomic mass is 9.70. The first kappa shape index (κ1) is 21.5. The number of rotatable bonds is 5. The van der Waals surface area contributed by atoms with Crippen molar-refractivity contribution >= 4 is 50.9 Å². The second kappa shape index (κ2) is 7.78. The van der Waals surface area contributed by atoms with E-state index in [1.54, 1.807) is 31.2 Å². The number of nitrogens with one attached hydrogen (secondary N) is 2. The van der Waals surface area contributed by atoms with Gasteiger partial charge in [0, 0.05) is 11.9 Å². The molecule has 3 unspecified atom stereocenters. The summed E-state index contributed by atoms with van der Waals surface area (Å²) in [5.74, 6) is -2.63. The molecule has 7 atom stereocenters. The molecular formula is C20H23BrClN3O5. The predicted octanol–water partition coefficient (Wildman–Crippen LogP) is 1.15. The van der Waals surface area contributed by atoms with Gasteiger partial charge in [0.1, 0.15) is 11.6 Å². The van der Waals surface area contributed by atoms with Crippen LogP contribution in [0.3, 0.4) is 0 Å². The number of benzene rings is 1. The number of hydrogen-bond donors (Lipinski definition) is 3. The summed E-state index contributed by atoms with van der Waals surface area (Å²) in [5, 5.41) is 15.6. The van der Waals surface area contributed by atoms with Crippen LogP contribution in [0.5, 0.6) is 0 Å². The molecule has 8 nitrogen and oxygen atoms in total. The maximum absolute atomic E-state index is 13.5. The largest absolute Gasteiger partial charge is 0.394 e. The standard InChI is InChI=1S/C20H23BrClN3O5/c1-9(8-26)25-16(18(28)24-12-6-4-3-5-11(12)22)20-7-10(21)15(30-20)13(17(27)23-2)14(20)19(25)29/h3-6,9-10,13-16,26H,7-8H2,1-2H3,(H,23,27)(H,24,28)/t9-,10?,13-,14+,15-,16?,20?/m1/s1. The highest BCUT2D eigenvalue weighted by Crippen LogP contribution is 2.60. The Labute approximate surface area is 187 Å². The predicted molar refractivity (Wildman–Crippen MR) is 113 cm³/mol. The number of carbonyl (C=O) groups excluding carboxylic acids is 3. The highest BCUT2D eigenvalue weighted by atomic mass is 79.9. The molecule has 162 valence electrons. The highest BCUT2D eigenvalue weighted by Gasteiger charge is 2.76. The van der Waals surface area contributed by atoms with Crippen molar-refractivity contribution in [2.24, 2.45) is 11.8 Å². The average molecular weight is 501 g/mol. The van der Waals surface area contributed by atoms with Gasteiger partial charge in [-0.1, -0.05) is 39.7 Å². The summed E-state index contributed by atoms with van der Waals surface area (Å²) in [7, 11) is 1.51. The topological polar surface area (TPSA) is 108 Å². The zero-order valence-corrected chi connectivity index (χ0v) is 18.8. The van der Waals surface area contributed by atoms with Gasteiger partial charge in [-0.15, -0.1) is 0 Å². The normalized spacial score (nSPS) is 35.3. The first-order valence-electron chi connectivity index (χ1n) is 9.78. The number of aliphatic hydroxyl groups excluding tert-OH is 1. The Bertz CT molecular complexity index is 901. The zero-order valence-electron chi connectivity index (χ0n) is 16.5. The third-order valence-corrected chi connectivity index (χ3v) is 7.57. The number of halogens is 2. The molecule has 1 spiro atoms. The first-order valence-corrected chi connectivity index (χ1v) is 11.1. The van der Waals surface area contributed by atoms with Gasteiger partial charge in [-0.05, 0) is 25.5 Å². The number of alkyl halides is 1. The van der Waals surface area contributed by atoms with E-state index in [2.05, 4.69) is 26.6 Å². The fourth-order valence-corrected chi connectivity index (χ4v) is 6.28. The third kappa shape index (κ3) is 2.97. The van der Waals surface area contributed by atoms with Crippen molar-refractivity contribution in [1.82, 2.24) is 10.2 Å². The van der Waals surface area contributed by atoms with Crippen LogP contribution in [0.15, 0.2) is 24.3 Å². The van der Waals surface area contributed by atoms with Crippen molar-refractivity contribution in [3.63, 3.8) is 0 Å². The van der Waals surface area contributed by atoms with Gasteiger partial charge in [0.2, 0.25) is 17.7 Å². The van der Waals surface area contributed by atoms with E-state index in [0.29, 0.717) is 17.1 Å². The summed E-state index contributed by atoms with van der Waals surface area (Å²) in [6.45, 7) is 1.34. The Balaban J connectivity index is 1.77. The molecule has 10 heteroatoms. The van der Waals surface area contributed by atoms with Crippen LogP contribution in [0.4, 0.5) is 5.69 Å². The number of fused-ring (bicyclic) bond motifs is 1. The van der Waals surface area contributed by atoms with Gasteiger partial charge < -0.3 is 25.4 Å². The highest BCUT2D eigenvalue weighted by molar-refractivity contribution is 9.09. The van der Waals surface area contributed by atoms with Gasteiger partial charge in [-0.25, -0.2) is 0 Å². The van der Waals surface area contributed by atoms with Crippen molar-refractivity contribution in [1.29, 1.82) is 0 Å². The SMILES string of the molecule is CNC(=O)[C@H]1[C@@H]2OC3(CC2Br)C(C(=O)Nc2ccccc2Cl)N([C@H](C)CO)C(=O)[C@H]13. The number of carbonyl (C=O) groups is 3. The fraction of sp³-hybridized carbons (Fsp3) is 0.550. The summed E-state index contributed by atoms with van der Waals surface area (Å²) in [6, 6.07) is 5.18. The number of ether oxygens (including phenoxy) is 1. The molecule has 30 heavy (non-hydrogen) atoms. The Morgan fingerprint density at radius 3 is 2.73 bits per heavy atom. The van der Waals surface area contributed by atoms with Gasteiger partial charge in [-0.3, -0.25) is 14.4 Å². The molecule has 3 aliphatic rings. The lowest BCUT2D eigenvalue weighted by Gasteiger charge is -2.35. The van der Waals surface area contributed by atoms with Crippen molar-refractivity contribution in [3.8, 4) is 0 Å². The van der Waals surface area contributed by atoms with E-state index >= 15 is 0 Å². The Morgan fingerprint density at radius 1 is 1.40 bits per heavy atom. The Morgan fingerprint density at radius 2 is 2.10 bits per heavy atom. The van der Waals surface area contributed by atoms with Crippen LogP contribution < -0.4 is 10.6 Å². The van der Waals surface area contributed by atoms with Crippen LogP contribution >= 0.6 is 27.5 Å². The second-order valence-corrected chi connectivity index (χ2v) is 9.61. The monoisotopic (exact) mass is 499 g/mol. The molecule has 3 heterocycles. The molecule has 1 aromatic rings. The van der Waals surface area contributed by atoms with E-state index in [-0.39, 0.29) is 23.2 Å². The van der Waals surface area contributed by atoms with E-state index in [1.807, 2.05) is 0 Å². The molecule has 0 saturated carbocycles. The Hall–Kier alpha value is -1.68. The van der Waals surface area contributed by atoms with Crippen LogP contribution in [0.25, 0.3) is 0 Å². The molecule has 0 radical (unpaired) electrons. The average Bonchev–Trinajstić information content (AvgIpc) is 3.32. The second-order valence-electron chi connectivity index (χ2n) is 8.02. The number of likely N-dealkylation sites (tertiary alicyclic amines) is 1. The molecule has 3 N–H and O–H groups in total. The molecular weight excluding hydrogens is 478 g/mol. The lowest BCUT2D eigenvalue weighted by molar-refractivity contribution is -0.143. The summed E-state index contributed by atoms with van der Waals surface area (Å²) in [6.07, 6.45) is -0.113. The molecule has 3 saturated heterocycles. The molecule has 2 bridgehead atoms. The summed E-state index contributed by atoms with van der Waals surface area (Å²) >= 11 is 9.77. The minimum absolute atomic E-state index is 0.177. The number of aliphatic hydroxyl groups is 1. The lowest BCUT2D eigenvalue weighted by Crippen LogP contribution is -2.56. The number of anilines is 1. The minimum Gasteiger partial charge on any atom is -0.394 e. The molecule has 0 aliphatic carbocycles. The fourth-order valence-electron chi connectivity index (χ4n) is 5.16. The van der Waals surface area contributed by atoms with Crippen molar-refractivity contribution in [3.05, 3.63) is 29.3 Å². The van der Waals surface area contributed by atoms with Crippen molar-refractivity contribution in [2.45, 2.75) is 42.0 Å². The number of hydrogen-bond acceptors (Lipinski definition) is 5. The number of amides is 3. The van der Waals surface area contributed by atoms with Crippen molar-refractivity contribution in [2.75, 3.05) is 19.0 Å². The van der Waals surface area contributed by atoms with Gasteiger partial charge in [0.15, 0.2) is 0 Å². The van der Waals surface area contributed by atoms with E-state index in [0.717, 1.165) is 0 Å². The van der Waals surface area contributed by atoms with Crippen LogP contribution in [0.1, 0.15) is 13.3 Å². The molecule has 3 aliphatic heterocycles. The number of nitrogens with zero attached hydrogens (tertiary/aromatic N) is 1. The smallest absolute Gasteiger partial charge is 0.250 e. The van der Waals surface area contributed by atoms with Crippen LogP contribution in [0.2, 0.25) is 5.02 Å². The van der Waals surface area contributed by atoms with Gasteiger partial charge in [0.05, 0.1) is 41.3 Å².